The van der Waals surface area contributed by atoms with Crippen molar-refractivity contribution in [3.05, 3.63) is 65.2 Å². The summed E-state index contributed by atoms with van der Waals surface area (Å²) in [6, 6.07) is 16.9. The van der Waals surface area contributed by atoms with Crippen molar-refractivity contribution in [2.45, 2.75) is 84.2 Å². The van der Waals surface area contributed by atoms with Gasteiger partial charge < -0.3 is 8.85 Å². The van der Waals surface area contributed by atoms with Crippen LogP contribution in [0.4, 0.5) is 0 Å². The molecule has 0 bridgehead atoms. The van der Waals surface area contributed by atoms with Gasteiger partial charge in [0.05, 0.1) is 5.56 Å². The molecule has 2 aromatic carbocycles. The van der Waals surface area contributed by atoms with E-state index in [1.54, 1.807) is 0 Å². The smallest absolute Gasteiger partial charge is 0.343 e. The van der Waals surface area contributed by atoms with E-state index < -0.39 is 16.6 Å². The fourth-order valence-corrected chi connectivity index (χ4v) is 12.0. The van der Waals surface area contributed by atoms with E-state index >= 15 is 0 Å². The van der Waals surface area contributed by atoms with Crippen LogP contribution in [0.3, 0.4) is 0 Å². The van der Waals surface area contributed by atoms with Crippen molar-refractivity contribution in [2.75, 3.05) is 0 Å². The Labute approximate surface area is 191 Å². The second kappa shape index (κ2) is 11.8. The van der Waals surface area contributed by atoms with Gasteiger partial charge in [-0.05, 0) is 99.9 Å². The van der Waals surface area contributed by atoms with Gasteiger partial charge in [-0.25, -0.2) is 4.79 Å². The molecule has 0 radical (unpaired) electrons. The zero-order chi connectivity index (χ0) is 22.9. The highest BCUT2D eigenvalue weighted by molar-refractivity contribution is 6.84. The molecule has 5 heteroatoms. The van der Waals surface area contributed by atoms with E-state index in [9.17, 15) is 4.79 Å². The minimum atomic E-state index is -1.55. The number of benzene rings is 2. The van der Waals surface area contributed by atoms with Crippen molar-refractivity contribution >= 4 is 22.6 Å². The molecule has 0 unspecified atom stereocenters. The van der Waals surface area contributed by atoms with E-state index in [0.717, 1.165) is 19.3 Å². The van der Waals surface area contributed by atoms with Gasteiger partial charge in [0, 0.05) is 0 Å². The lowest BCUT2D eigenvalue weighted by atomic mass is 10.1. The molecular weight excluding hydrogens is 416 g/mol. The first-order valence-corrected chi connectivity index (χ1v) is 18.2. The summed E-state index contributed by atoms with van der Waals surface area (Å²) in [5, 5.41) is 0. The summed E-state index contributed by atoms with van der Waals surface area (Å²) in [6.07, 6.45) is 6.81. The minimum Gasteiger partial charge on any atom is -0.456 e. The van der Waals surface area contributed by atoms with Crippen molar-refractivity contribution in [1.29, 1.82) is 0 Å². The number of hydrogen-bond acceptors (Lipinski definition) is 3. The summed E-state index contributed by atoms with van der Waals surface area (Å²) in [5.41, 5.74) is 3.14. The molecule has 0 heterocycles. The lowest BCUT2D eigenvalue weighted by Crippen LogP contribution is -2.42. The first kappa shape index (κ1) is 25.6. The monoisotopic (exact) mass is 456 g/mol. The van der Waals surface area contributed by atoms with Crippen LogP contribution in [0.5, 0.6) is 5.75 Å². The number of hydrogen-bond donors (Lipinski definition) is 0. The van der Waals surface area contributed by atoms with Gasteiger partial charge in [-0.3, -0.25) is 0 Å². The Morgan fingerprint density at radius 3 is 1.87 bits per heavy atom. The molecule has 0 saturated carbocycles. The molecule has 0 aliphatic rings. The number of carbonyl (C=O) groups is 1. The molecule has 0 saturated heterocycles. The predicted octanol–water partition coefficient (Wildman–Crippen LogP) is 7.63. The van der Waals surface area contributed by atoms with Gasteiger partial charge in [0.25, 0.3) is 0 Å². The van der Waals surface area contributed by atoms with Crippen LogP contribution in [0.15, 0.2) is 48.5 Å². The van der Waals surface area contributed by atoms with Crippen LogP contribution in [0.1, 0.15) is 54.1 Å². The molecule has 0 aliphatic carbocycles. The molecule has 31 heavy (non-hydrogen) atoms. The van der Waals surface area contributed by atoms with Crippen LogP contribution in [-0.2, 0) is 17.0 Å². The third-order valence-corrected chi connectivity index (χ3v) is 11.4. The largest absolute Gasteiger partial charge is 0.456 e. The Balaban J connectivity index is 1.78. The molecule has 2 rings (SSSR count). The average Bonchev–Trinajstić information content (AvgIpc) is 2.69. The molecule has 0 atom stereocenters. The number of unbranched alkanes of at least 4 members (excludes halogenated alkanes) is 2. The number of ether oxygens (including phenoxy) is 1. The van der Waals surface area contributed by atoms with Gasteiger partial charge in [0.2, 0.25) is 0 Å². The van der Waals surface area contributed by atoms with E-state index in [1.807, 2.05) is 48.5 Å². The maximum atomic E-state index is 12.4. The van der Waals surface area contributed by atoms with Gasteiger partial charge in [-0.15, -0.1) is 0 Å². The lowest BCUT2D eigenvalue weighted by Gasteiger charge is -2.31. The summed E-state index contributed by atoms with van der Waals surface area (Å²) in [5.74, 6) is 0.297. The van der Waals surface area contributed by atoms with Crippen molar-refractivity contribution in [1.82, 2.24) is 0 Å². The fourth-order valence-electron chi connectivity index (χ4n) is 3.84. The van der Waals surface area contributed by atoms with Crippen LogP contribution in [0, 0.1) is 0 Å². The van der Waals surface area contributed by atoms with Crippen molar-refractivity contribution < 1.29 is 13.6 Å². The molecule has 0 spiro atoms. The van der Waals surface area contributed by atoms with Crippen LogP contribution in [0.2, 0.25) is 38.8 Å². The SMILES string of the molecule is CCCCc1ccc(OC(=O)c2ccc(CCCC[Si](C)(C)O[Si](C)(C)C)cc2)cc1. The highest BCUT2D eigenvalue weighted by atomic mass is 28.4. The first-order chi connectivity index (χ1) is 14.6. The van der Waals surface area contributed by atoms with Gasteiger partial charge in [-0.1, -0.05) is 44.0 Å². The summed E-state index contributed by atoms with van der Waals surface area (Å²) in [7, 11) is -3.00. The Bertz CT molecular complexity index is 806. The van der Waals surface area contributed by atoms with Crippen molar-refractivity contribution in [2.24, 2.45) is 0 Å². The Kier molecular flexibility index (Phi) is 9.72. The van der Waals surface area contributed by atoms with Gasteiger partial charge in [-0.2, -0.15) is 0 Å². The topological polar surface area (TPSA) is 35.5 Å². The zero-order valence-electron chi connectivity index (χ0n) is 20.3. The molecule has 0 aromatic heterocycles. The quantitative estimate of drug-likeness (QED) is 0.142. The maximum absolute atomic E-state index is 12.4. The summed E-state index contributed by atoms with van der Waals surface area (Å²) >= 11 is 0. The molecule has 0 aliphatic heterocycles. The van der Waals surface area contributed by atoms with E-state index in [0.29, 0.717) is 11.3 Å². The molecule has 3 nitrogen and oxygen atoms in total. The zero-order valence-corrected chi connectivity index (χ0v) is 22.3. The second-order valence-electron chi connectivity index (χ2n) is 10.0. The van der Waals surface area contributed by atoms with Crippen molar-refractivity contribution in [3.63, 3.8) is 0 Å². The Morgan fingerprint density at radius 2 is 1.32 bits per heavy atom. The highest BCUT2D eigenvalue weighted by Gasteiger charge is 2.28. The number of rotatable bonds is 12. The van der Waals surface area contributed by atoms with Crippen LogP contribution < -0.4 is 4.74 Å². The molecular formula is C26H40O3Si2. The molecule has 0 fully saturated rings. The highest BCUT2D eigenvalue weighted by Crippen LogP contribution is 2.22. The van der Waals surface area contributed by atoms with Gasteiger partial charge in [0.15, 0.2) is 16.6 Å². The van der Waals surface area contributed by atoms with E-state index in [2.05, 4.69) is 39.7 Å². The molecule has 0 amide bonds. The predicted molar refractivity (Wildman–Crippen MR) is 136 cm³/mol. The standard InChI is InChI=1S/C26H40O3Si2/c1-7-8-11-22-15-19-25(20-16-22)28-26(27)24-17-13-23(14-18-24)12-9-10-21-31(5,6)29-30(2,3)4/h13-20H,7-12,21H2,1-6H3. The minimum absolute atomic E-state index is 0.302. The van der Waals surface area contributed by atoms with E-state index in [1.165, 1.54) is 36.4 Å². The number of aryl methyl sites for hydroxylation is 2. The van der Waals surface area contributed by atoms with Crippen molar-refractivity contribution in [3.8, 4) is 5.75 Å². The van der Waals surface area contributed by atoms with Crippen LogP contribution in [0.25, 0.3) is 0 Å². The average molecular weight is 457 g/mol. The normalized spacial score (nSPS) is 12.1. The summed E-state index contributed by atoms with van der Waals surface area (Å²) in [4.78, 5) is 12.4. The summed E-state index contributed by atoms with van der Waals surface area (Å²) in [6.45, 7) is 13.7. The third-order valence-electron chi connectivity index (χ3n) is 5.22. The maximum Gasteiger partial charge on any atom is 0.343 e. The van der Waals surface area contributed by atoms with Gasteiger partial charge in [0.1, 0.15) is 5.75 Å². The van der Waals surface area contributed by atoms with E-state index in [-0.39, 0.29) is 5.97 Å². The molecule has 2 aromatic rings. The van der Waals surface area contributed by atoms with Crippen LogP contribution in [-0.4, -0.2) is 22.6 Å². The van der Waals surface area contributed by atoms with Crippen LogP contribution >= 0.6 is 0 Å². The fraction of sp³-hybridized carbons (Fsp3) is 0.500. The lowest BCUT2D eigenvalue weighted by molar-refractivity contribution is 0.0734. The Hall–Kier alpha value is -1.70. The first-order valence-electron chi connectivity index (χ1n) is 11.7. The number of esters is 1. The second-order valence-corrected chi connectivity index (χ2v) is 19.1. The summed E-state index contributed by atoms with van der Waals surface area (Å²) < 4.78 is 11.9. The third kappa shape index (κ3) is 9.98. The molecule has 170 valence electrons. The number of carbonyl (C=O) groups excluding carboxylic acids is 1. The Morgan fingerprint density at radius 1 is 0.774 bits per heavy atom. The molecule has 0 N–H and O–H groups in total. The van der Waals surface area contributed by atoms with E-state index in [4.69, 9.17) is 8.85 Å². The van der Waals surface area contributed by atoms with Gasteiger partial charge >= 0.3 is 5.97 Å².